The lowest BCUT2D eigenvalue weighted by atomic mass is 10.1. The number of halogens is 3. The van der Waals surface area contributed by atoms with Crippen LogP contribution in [-0.2, 0) is 4.79 Å². The maximum absolute atomic E-state index is 11.8. The first-order valence-corrected chi connectivity index (χ1v) is 8.53. The van der Waals surface area contributed by atoms with Gasteiger partial charge in [0.2, 0.25) is 5.91 Å². The number of allylic oxidation sites excluding steroid dienone is 1. The fourth-order valence-corrected chi connectivity index (χ4v) is 2.48. The minimum Gasteiger partial charge on any atom is -0.325 e. The molecular weight excluding hydrogens is 320 g/mol. The molecule has 5 heteroatoms. The third kappa shape index (κ3) is 10.1. The zero-order valence-electron chi connectivity index (χ0n) is 13.3. The third-order valence-corrected chi connectivity index (χ3v) is 3.88. The molecule has 23 heavy (non-hydrogen) atoms. The number of rotatable bonds is 11. The number of amides is 1. The van der Waals surface area contributed by atoms with Gasteiger partial charge in [0, 0.05) is 6.42 Å². The lowest BCUT2D eigenvalue weighted by Crippen LogP contribution is -2.11. The second-order valence-corrected chi connectivity index (χ2v) is 5.94. The molecule has 0 saturated carbocycles. The number of benzene rings is 1. The molecule has 0 saturated heterocycles. The van der Waals surface area contributed by atoms with Crippen molar-refractivity contribution in [2.75, 3.05) is 5.32 Å². The lowest BCUT2D eigenvalue weighted by Gasteiger charge is -2.06. The molecule has 1 N–H and O–H groups in total. The second kappa shape index (κ2) is 12.1. The zero-order chi connectivity index (χ0) is 16.9. The van der Waals surface area contributed by atoms with Crippen LogP contribution in [0.2, 0.25) is 5.02 Å². The largest absolute Gasteiger partial charge is 0.325 e. The minimum absolute atomic E-state index is 0.0156. The van der Waals surface area contributed by atoms with Crippen molar-refractivity contribution >= 4 is 23.2 Å². The van der Waals surface area contributed by atoms with Gasteiger partial charge in [-0.05, 0) is 37.5 Å². The Morgan fingerprint density at radius 2 is 1.61 bits per heavy atom. The van der Waals surface area contributed by atoms with Gasteiger partial charge in [0.05, 0.1) is 10.7 Å². The quantitative estimate of drug-likeness (QED) is 0.452. The van der Waals surface area contributed by atoms with Gasteiger partial charge in [0.1, 0.15) is 0 Å². The van der Waals surface area contributed by atoms with Crippen LogP contribution in [0.4, 0.5) is 14.5 Å². The monoisotopic (exact) mass is 343 g/mol. The van der Waals surface area contributed by atoms with Crippen LogP contribution >= 0.6 is 11.6 Å². The number of para-hydroxylation sites is 1. The highest BCUT2D eigenvalue weighted by atomic mass is 35.5. The predicted octanol–water partition coefficient (Wildman–Crippen LogP) is 6.57. The van der Waals surface area contributed by atoms with Gasteiger partial charge in [0.15, 0.2) is 0 Å². The van der Waals surface area contributed by atoms with E-state index in [1.165, 1.54) is 0 Å². The van der Waals surface area contributed by atoms with Gasteiger partial charge in [-0.2, -0.15) is 8.78 Å². The van der Waals surface area contributed by atoms with Gasteiger partial charge in [-0.15, -0.1) is 0 Å². The summed E-state index contributed by atoms with van der Waals surface area (Å²) in [5, 5.41) is 3.35. The molecule has 0 fully saturated rings. The van der Waals surface area contributed by atoms with E-state index in [1.54, 1.807) is 12.1 Å². The average Bonchev–Trinajstić information content (AvgIpc) is 2.51. The number of nitrogens with one attached hydrogen (secondary N) is 1. The number of anilines is 1. The molecule has 1 aromatic carbocycles. The van der Waals surface area contributed by atoms with E-state index >= 15 is 0 Å². The Morgan fingerprint density at radius 3 is 2.26 bits per heavy atom. The van der Waals surface area contributed by atoms with Crippen molar-refractivity contribution < 1.29 is 13.6 Å². The highest BCUT2D eigenvalue weighted by Gasteiger charge is 2.04. The SMILES string of the molecule is O=C(CCCCCCCCCC=C(F)F)Nc1ccccc1Cl. The maximum Gasteiger partial charge on any atom is 0.266 e. The van der Waals surface area contributed by atoms with Crippen molar-refractivity contribution in [1.29, 1.82) is 0 Å². The topological polar surface area (TPSA) is 29.1 Å². The van der Waals surface area contributed by atoms with Gasteiger partial charge in [-0.3, -0.25) is 4.79 Å². The lowest BCUT2D eigenvalue weighted by molar-refractivity contribution is -0.116. The van der Waals surface area contributed by atoms with Crippen molar-refractivity contribution in [1.82, 2.24) is 0 Å². The molecule has 0 heterocycles. The second-order valence-electron chi connectivity index (χ2n) is 5.54. The van der Waals surface area contributed by atoms with E-state index in [0.29, 0.717) is 23.6 Å². The van der Waals surface area contributed by atoms with E-state index in [9.17, 15) is 13.6 Å². The summed E-state index contributed by atoms with van der Waals surface area (Å²) in [7, 11) is 0. The normalized spacial score (nSPS) is 10.4. The first-order chi connectivity index (χ1) is 11.1. The van der Waals surface area contributed by atoms with E-state index in [1.807, 2.05) is 12.1 Å². The van der Waals surface area contributed by atoms with E-state index in [0.717, 1.165) is 51.0 Å². The molecular formula is C18H24ClF2NO. The Hall–Kier alpha value is -1.42. The summed E-state index contributed by atoms with van der Waals surface area (Å²) in [5.41, 5.74) is 0.651. The number of unbranched alkanes of at least 4 members (excludes halogenated alkanes) is 7. The van der Waals surface area contributed by atoms with E-state index in [-0.39, 0.29) is 5.91 Å². The molecule has 0 aliphatic rings. The first kappa shape index (κ1) is 19.6. The highest BCUT2D eigenvalue weighted by Crippen LogP contribution is 2.20. The summed E-state index contributed by atoms with van der Waals surface area (Å²) < 4.78 is 23.6. The van der Waals surface area contributed by atoms with Crippen molar-refractivity contribution in [3.05, 3.63) is 41.4 Å². The summed E-state index contributed by atoms with van der Waals surface area (Å²) >= 11 is 5.98. The van der Waals surface area contributed by atoms with Crippen molar-refractivity contribution in [3.8, 4) is 0 Å². The standard InChI is InChI=1S/C18H24ClF2NO/c19-15-11-9-10-12-16(15)22-18(23)14-8-6-4-2-1-3-5-7-13-17(20)21/h9-13H,1-8,14H2,(H,22,23). The average molecular weight is 344 g/mol. The van der Waals surface area contributed by atoms with E-state index < -0.39 is 6.08 Å². The van der Waals surface area contributed by atoms with Crippen molar-refractivity contribution in [2.24, 2.45) is 0 Å². The van der Waals surface area contributed by atoms with Crippen LogP contribution in [0.25, 0.3) is 0 Å². The highest BCUT2D eigenvalue weighted by molar-refractivity contribution is 6.33. The Morgan fingerprint density at radius 1 is 1.00 bits per heavy atom. The van der Waals surface area contributed by atoms with Gasteiger partial charge in [-0.1, -0.05) is 55.8 Å². The molecule has 0 bridgehead atoms. The summed E-state index contributed by atoms with van der Waals surface area (Å²) in [4.78, 5) is 11.8. The van der Waals surface area contributed by atoms with Crippen LogP contribution in [0.5, 0.6) is 0 Å². The molecule has 128 valence electrons. The van der Waals surface area contributed by atoms with Gasteiger partial charge in [-0.25, -0.2) is 0 Å². The first-order valence-electron chi connectivity index (χ1n) is 8.15. The Balaban J connectivity index is 1.97. The maximum atomic E-state index is 11.8. The summed E-state index contributed by atoms with van der Waals surface area (Å²) in [6.45, 7) is 0. The van der Waals surface area contributed by atoms with Gasteiger partial charge >= 0.3 is 0 Å². The Labute approximate surface area is 141 Å². The number of carbonyl (C=O) groups is 1. The molecule has 0 aromatic heterocycles. The summed E-state index contributed by atoms with van der Waals surface area (Å²) in [5.74, 6) is -0.0156. The predicted molar refractivity (Wildman–Crippen MR) is 91.9 cm³/mol. The van der Waals surface area contributed by atoms with Crippen LogP contribution in [0.15, 0.2) is 36.4 Å². The van der Waals surface area contributed by atoms with E-state index in [4.69, 9.17) is 11.6 Å². The molecule has 1 amide bonds. The molecule has 0 atom stereocenters. The summed E-state index contributed by atoms with van der Waals surface area (Å²) in [6, 6.07) is 7.18. The molecule has 0 spiro atoms. The number of hydrogen-bond acceptors (Lipinski definition) is 1. The smallest absolute Gasteiger partial charge is 0.266 e. The van der Waals surface area contributed by atoms with Crippen LogP contribution in [0, 0.1) is 0 Å². The fourth-order valence-electron chi connectivity index (χ4n) is 2.30. The Bertz CT molecular complexity index is 502. The third-order valence-electron chi connectivity index (χ3n) is 3.55. The van der Waals surface area contributed by atoms with E-state index in [2.05, 4.69) is 5.32 Å². The minimum atomic E-state index is -1.58. The number of hydrogen-bond donors (Lipinski definition) is 1. The summed E-state index contributed by atoms with van der Waals surface area (Å²) in [6.07, 6.45) is 7.25. The van der Waals surface area contributed by atoms with Gasteiger partial charge in [0.25, 0.3) is 6.08 Å². The molecule has 0 aliphatic carbocycles. The van der Waals surface area contributed by atoms with Crippen LogP contribution in [0.1, 0.15) is 57.8 Å². The molecule has 0 aliphatic heterocycles. The van der Waals surface area contributed by atoms with Crippen molar-refractivity contribution in [3.63, 3.8) is 0 Å². The molecule has 0 unspecified atom stereocenters. The Kier molecular flexibility index (Phi) is 10.3. The van der Waals surface area contributed by atoms with Gasteiger partial charge < -0.3 is 5.32 Å². The fraction of sp³-hybridized carbons (Fsp3) is 0.500. The molecule has 0 radical (unpaired) electrons. The molecule has 1 rings (SSSR count). The van der Waals surface area contributed by atoms with Crippen LogP contribution in [0.3, 0.4) is 0 Å². The number of carbonyl (C=O) groups excluding carboxylic acids is 1. The molecule has 2 nitrogen and oxygen atoms in total. The molecule has 1 aromatic rings. The van der Waals surface area contributed by atoms with Crippen LogP contribution < -0.4 is 5.32 Å². The zero-order valence-corrected chi connectivity index (χ0v) is 14.0. The van der Waals surface area contributed by atoms with Crippen LogP contribution in [-0.4, -0.2) is 5.91 Å². The van der Waals surface area contributed by atoms with Crippen molar-refractivity contribution in [2.45, 2.75) is 57.8 Å².